The van der Waals surface area contributed by atoms with Crippen LogP contribution in [-0.4, -0.2) is 0 Å². The van der Waals surface area contributed by atoms with E-state index in [2.05, 4.69) is 5.32 Å². The van der Waals surface area contributed by atoms with Crippen LogP contribution in [0.3, 0.4) is 0 Å². The molecule has 0 saturated carbocycles. The SMILES string of the molecule is CC(Nc1ccc(F)c(F)c1F)c1cccc(C#N)c1. The zero-order chi connectivity index (χ0) is 14.7. The number of nitriles is 1. The first-order chi connectivity index (χ1) is 9.52. The first kappa shape index (κ1) is 13.9. The van der Waals surface area contributed by atoms with Crippen molar-refractivity contribution in [1.82, 2.24) is 0 Å². The maximum Gasteiger partial charge on any atom is 0.196 e. The quantitative estimate of drug-likeness (QED) is 0.855. The normalized spacial score (nSPS) is 11.8. The zero-order valence-electron chi connectivity index (χ0n) is 10.6. The second-order valence-corrected chi connectivity index (χ2v) is 4.33. The van der Waals surface area contributed by atoms with Gasteiger partial charge in [0.15, 0.2) is 17.5 Å². The van der Waals surface area contributed by atoms with E-state index >= 15 is 0 Å². The molecule has 0 heterocycles. The summed E-state index contributed by atoms with van der Waals surface area (Å²) in [7, 11) is 0. The maximum absolute atomic E-state index is 13.6. The fourth-order valence-corrected chi connectivity index (χ4v) is 1.83. The third-order valence-corrected chi connectivity index (χ3v) is 2.92. The second-order valence-electron chi connectivity index (χ2n) is 4.33. The molecule has 20 heavy (non-hydrogen) atoms. The predicted octanol–water partition coefficient (Wildman–Crippen LogP) is 4.15. The van der Waals surface area contributed by atoms with E-state index in [-0.39, 0.29) is 11.7 Å². The number of nitrogens with zero attached hydrogens (tertiary/aromatic N) is 1. The lowest BCUT2D eigenvalue weighted by atomic mass is 10.1. The van der Waals surface area contributed by atoms with Crippen LogP contribution in [-0.2, 0) is 0 Å². The number of hydrogen-bond acceptors (Lipinski definition) is 2. The molecule has 0 aromatic heterocycles. The fourth-order valence-electron chi connectivity index (χ4n) is 1.83. The first-order valence-corrected chi connectivity index (χ1v) is 5.93. The van der Waals surface area contributed by atoms with Gasteiger partial charge in [-0.15, -0.1) is 0 Å². The van der Waals surface area contributed by atoms with Gasteiger partial charge in [0.2, 0.25) is 0 Å². The molecule has 1 atom stereocenters. The molecule has 0 bridgehead atoms. The van der Waals surface area contributed by atoms with Gasteiger partial charge >= 0.3 is 0 Å². The molecule has 0 radical (unpaired) electrons. The largest absolute Gasteiger partial charge is 0.376 e. The summed E-state index contributed by atoms with van der Waals surface area (Å²) in [5.74, 6) is -3.99. The smallest absolute Gasteiger partial charge is 0.196 e. The average Bonchev–Trinajstić information content (AvgIpc) is 2.48. The molecule has 0 aliphatic heterocycles. The molecule has 2 rings (SSSR count). The van der Waals surface area contributed by atoms with Crippen molar-refractivity contribution in [3.05, 3.63) is 65.0 Å². The van der Waals surface area contributed by atoms with Crippen LogP contribution in [0.15, 0.2) is 36.4 Å². The van der Waals surface area contributed by atoms with Crippen molar-refractivity contribution >= 4 is 5.69 Å². The molecule has 1 unspecified atom stereocenters. The van der Waals surface area contributed by atoms with Crippen molar-refractivity contribution in [3.63, 3.8) is 0 Å². The van der Waals surface area contributed by atoms with Crippen LogP contribution >= 0.6 is 0 Å². The lowest BCUT2D eigenvalue weighted by Crippen LogP contribution is -2.09. The minimum absolute atomic E-state index is 0.126. The zero-order valence-corrected chi connectivity index (χ0v) is 10.6. The Labute approximate surface area is 114 Å². The van der Waals surface area contributed by atoms with Crippen LogP contribution in [0.1, 0.15) is 24.1 Å². The van der Waals surface area contributed by atoms with E-state index < -0.39 is 17.5 Å². The summed E-state index contributed by atoms with van der Waals surface area (Å²) in [5, 5.41) is 11.6. The average molecular weight is 276 g/mol. The number of halogens is 3. The van der Waals surface area contributed by atoms with Gasteiger partial charge in [-0.25, -0.2) is 13.2 Å². The van der Waals surface area contributed by atoms with Crippen LogP contribution in [0, 0.1) is 28.8 Å². The third kappa shape index (κ3) is 2.75. The molecule has 102 valence electrons. The van der Waals surface area contributed by atoms with E-state index in [0.717, 1.165) is 17.7 Å². The van der Waals surface area contributed by atoms with Gasteiger partial charge in [0, 0.05) is 6.04 Å². The summed E-state index contributed by atoms with van der Waals surface area (Å²) in [6.07, 6.45) is 0. The van der Waals surface area contributed by atoms with Gasteiger partial charge in [0.25, 0.3) is 0 Å². The van der Waals surface area contributed by atoms with Crippen LogP contribution < -0.4 is 5.32 Å². The molecule has 2 aromatic rings. The van der Waals surface area contributed by atoms with E-state index in [1.807, 2.05) is 6.07 Å². The third-order valence-electron chi connectivity index (χ3n) is 2.92. The molecular formula is C15H11F3N2. The topological polar surface area (TPSA) is 35.8 Å². The molecule has 0 spiro atoms. The summed E-state index contributed by atoms with van der Waals surface area (Å²) in [6, 6.07) is 10.4. The predicted molar refractivity (Wildman–Crippen MR) is 69.5 cm³/mol. The minimum atomic E-state index is -1.51. The Morgan fingerprint density at radius 3 is 2.55 bits per heavy atom. The molecule has 0 amide bonds. The number of hydrogen-bond donors (Lipinski definition) is 1. The molecule has 5 heteroatoms. The van der Waals surface area contributed by atoms with Crippen molar-refractivity contribution in [2.24, 2.45) is 0 Å². The van der Waals surface area contributed by atoms with E-state index in [1.54, 1.807) is 31.2 Å². The Morgan fingerprint density at radius 2 is 1.85 bits per heavy atom. The monoisotopic (exact) mass is 276 g/mol. The molecule has 0 fully saturated rings. The van der Waals surface area contributed by atoms with E-state index in [4.69, 9.17) is 5.26 Å². The summed E-state index contributed by atoms with van der Waals surface area (Å²) in [4.78, 5) is 0. The number of rotatable bonds is 3. The van der Waals surface area contributed by atoms with Crippen molar-refractivity contribution in [3.8, 4) is 6.07 Å². The summed E-state index contributed by atoms with van der Waals surface area (Å²) >= 11 is 0. The highest BCUT2D eigenvalue weighted by atomic mass is 19.2. The van der Waals surface area contributed by atoms with Gasteiger partial charge in [-0.3, -0.25) is 0 Å². The standard InChI is InChI=1S/C15H11F3N2/c1-9(11-4-2-3-10(7-11)8-19)20-13-6-5-12(16)14(17)15(13)18/h2-7,9,20H,1H3. The Morgan fingerprint density at radius 1 is 1.10 bits per heavy atom. The van der Waals surface area contributed by atoms with Gasteiger partial charge in [0.05, 0.1) is 17.3 Å². The Hall–Kier alpha value is -2.48. The second kappa shape index (κ2) is 5.66. The first-order valence-electron chi connectivity index (χ1n) is 5.93. The van der Waals surface area contributed by atoms with Crippen LogP contribution in [0.25, 0.3) is 0 Å². The van der Waals surface area contributed by atoms with E-state index in [9.17, 15) is 13.2 Å². The molecule has 0 aliphatic rings. The maximum atomic E-state index is 13.6. The highest BCUT2D eigenvalue weighted by molar-refractivity contribution is 5.48. The molecule has 1 N–H and O–H groups in total. The number of benzene rings is 2. The summed E-state index contributed by atoms with van der Waals surface area (Å²) in [6.45, 7) is 1.73. The van der Waals surface area contributed by atoms with E-state index in [0.29, 0.717) is 5.56 Å². The highest BCUT2D eigenvalue weighted by Gasteiger charge is 2.15. The lowest BCUT2D eigenvalue weighted by molar-refractivity contribution is 0.448. The van der Waals surface area contributed by atoms with Gasteiger partial charge < -0.3 is 5.32 Å². The molecule has 2 aromatic carbocycles. The minimum Gasteiger partial charge on any atom is -0.376 e. The highest BCUT2D eigenvalue weighted by Crippen LogP contribution is 2.24. The van der Waals surface area contributed by atoms with Crippen LogP contribution in [0.4, 0.5) is 18.9 Å². The van der Waals surface area contributed by atoms with Crippen molar-refractivity contribution < 1.29 is 13.2 Å². The lowest BCUT2D eigenvalue weighted by Gasteiger charge is -2.16. The van der Waals surface area contributed by atoms with Crippen molar-refractivity contribution in [1.29, 1.82) is 5.26 Å². The fraction of sp³-hybridized carbons (Fsp3) is 0.133. The van der Waals surface area contributed by atoms with Crippen molar-refractivity contribution in [2.75, 3.05) is 5.32 Å². The van der Waals surface area contributed by atoms with Crippen molar-refractivity contribution in [2.45, 2.75) is 13.0 Å². The Bertz CT molecular complexity index is 677. The summed E-state index contributed by atoms with van der Waals surface area (Å²) in [5.41, 5.74) is 1.09. The molecule has 0 aliphatic carbocycles. The number of anilines is 1. The molecular weight excluding hydrogens is 265 g/mol. The van der Waals surface area contributed by atoms with Gasteiger partial charge in [0.1, 0.15) is 0 Å². The van der Waals surface area contributed by atoms with Crippen LogP contribution in [0.5, 0.6) is 0 Å². The Balaban J connectivity index is 2.26. The molecule has 0 saturated heterocycles. The molecule has 2 nitrogen and oxygen atoms in total. The van der Waals surface area contributed by atoms with Gasteiger partial charge in [-0.1, -0.05) is 12.1 Å². The van der Waals surface area contributed by atoms with Crippen LogP contribution in [0.2, 0.25) is 0 Å². The summed E-state index contributed by atoms with van der Waals surface area (Å²) < 4.78 is 39.5. The number of nitrogens with one attached hydrogen (secondary N) is 1. The Kier molecular flexibility index (Phi) is 3.94. The van der Waals surface area contributed by atoms with Gasteiger partial charge in [-0.2, -0.15) is 5.26 Å². The van der Waals surface area contributed by atoms with E-state index in [1.165, 1.54) is 0 Å². The van der Waals surface area contributed by atoms with Gasteiger partial charge in [-0.05, 0) is 36.8 Å².